The Morgan fingerprint density at radius 1 is 1.07 bits per heavy atom. The van der Waals surface area contributed by atoms with Crippen LogP contribution >= 0.6 is 0 Å². The standard InChI is InChI=1S/C12H20N2/c1-9(2)10(3)14-11(4)12-5-7-13-8-6-12/h5-11,14H,1-4H3/t10-,11-/m1/s1. The van der Waals surface area contributed by atoms with Crippen LogP contribution in [-0.2, 0) is 0 Å². The lowest BCUT2D eigenvalue weighted by molar-refractivity contribution is 0.389. The second kappa shape index (κ2) is 5.11. The van der Waals surface area contributed by atoms with E-state index < -0.39 is 0 Å². The lowest BCUT2D eigenvalue weighted by Crippen LogP contribution is -2.32. The zero-order valence-electron chi connectivity index (χ0n) is 9.49. The number of hydrogen-bond donors (Lipinski definition) is 1. The fourth-order valence-electron chi connectivity index (χ4n) is 1.34. The summed E-state index contributed by atoms with van der Waals surface area (Å²) >= 11 is 0. The summed E-state index contributed by atoms with van der Waals surface area (Å²) in [6.07, 6.45) is 3.68. The maximum Gasteiger partial charge on any atom is 0.0295 e. The first-order chi connectivity index (χ1) is 6.61. The van der Waals surface area contributed by atoms with Gasteiger partial charge in [-0.3, -0.25) is 4.98 Å². The topological polar surface area (TPSA) is 24.9 Å². The van der Waals surface area contributed by atoms with Crippen LogP contribution in [0.3, 0.4) is 0 Å². The molecule has 2 nitrogen and oxygen atoms in total. The molecule has 0 aliphatic heterocycles. The van der Waals surface area contributed by atoms with Crippen LogP contribution in [0, 0.1) is 5.92 Å². The fourth-order valence-corrected chi connectivity index (χ4v) is 1.34. The molecule has 0 unspecified atom stereocenters. The Morgan fingerprint density at radius 3 is 2.14 bits per heavy atom. The van der Waals surface area contributed by atoms with Crippen LogP contribution in [0.2, 0.25) is 0 Å². The van der Waals surface area contributed by atoms with Gasteiger partial charge in [-0.2, -0.15) is 0 Å². The monoisotopic (exact) mass is 192 g/mol. The van der Waals surface area contributed by atoms with E-state index in [1.165, 1.54) is 5.56 Å². The van der Waals surface area contributed by atoms with Gasteiger partial charge in [-0.15, -0.1) is 0 Å². The van der Waals surface area contributed by atoms with E-state index in [-0.39, 0.29) is 0 Å². The summed E-state index contributed by atoms with van der Waals surface area (Å²) in [7, 11) is 0. The average Bonchev–Trinajstić information content (AvgIpc) is 2.19. The number of nitrogens with zero attached hydrogens (tertiary/aromatic N) is 1. The number of nitrogens with one attached hydrogen (secondary N) is 1. The van der Waals surface area contributed by atoms with Crippen LogP contribution in [0.4, 0.5) is 0 Å². The van der Waals surface area contributed by atoms with Crippen molar-refractivity contribution in [2.75, 3.05) is 0 Å². The van der Waals surface area contributed by atoms with Crippen LogP contribution in [0.15, 0.2) is 24.5 Å². The van der Waals surface area contributed by atoms with Crippen molar-refractivity contribution in [2.45, 2.75) is 39.8 Å². The molecule has 0 saturated carbocycles. The van der Waals surface area contributed by atoms with Gasteiger partial charge in [-0.1, -0.05) is 13.8 Å². The first kappa shape index (κ1) is 11.2. The van der Waals surface area contributed by atoms with Gasteiger partial charge in [0, 0.05) is 24.5 Å². The molecular formula is C12H20N2. The number of hydrogen-bond acceptors (Lipinski definition) is 2. The van der Waals surface area contributed by atoms with Crippen LogP contribution in [0.5, 0.6) is 0 Å². The van der Waals surface area contributed by atoms with E-state index in [9.17, 15) is 0 Å². The van der Waals surface area contributed by atoms with E-state index in [0.29, 0.717) is 18.0 Å². The third kappa shape index (κ3) is 3.11. The molecule has 1 aromatic rings. The lowest BCUT2D eigenvalue weighted by Gasteiger charge is -2.23. The van der Waals surface area contributed by atoms with Crippen molar-refractivity contribution >= 4 is 0 Å². The van der Waals surface area contributed by atoms with Crippen LogP contribution in [0.1, 0.15) is 39.3 Å². The maximum absolute atomic E-state index is 4.01. The van der Waals surface area contributed by atoms with Gasteiger partial charge in [0.15, 0.2) is 0 Å². The van der Waals surface area contributed by atoms with Crippen molar-refractivity contribution in [3.05, 3.63) is 30.1 Å². The fraction of sp³-hybridized carbons (Fsp3) is 0.583. The SMILES string of the molecule is CC(C)[C@@H](C)N[C@H](C)c1ccncc1. The molecule has 2 heteroatoms. The van der Waals surface area contributed by atoms with Crippen molar-refractivity contribution in [3.63, 3.8) is 0 Å². The quantitative estimate of drug-likeness (QED) is 0.793. The molecule has 0 spiro atoms. The smallest absolute Gasteiger partial charge is 0.0295 e. The van der Waals surface area contributed by atoms with Gasteiger partial charge < -0.3 is 5.32 Å². The van der Waals surface area contributed by atoms with Crippen molar-refractivity contribution in [3.8, 4) is 0 Å². The van der Waals surface area contributed by atoms with Crippen LogP contribution in [-0.4, -0.2) is 11.0 Å². The highest BCUT2D eigenvalue weighted by Crippen LogP contribution is 2.13. The molecule has 1 N–H and O–H groups in total. The molecule has 0 radical (unpaired) electrons. The van der Waals surface area contributed by atoms with Gasteiger partial charge in [-0.05, 0) is 37.5 Å². The molecule has 0 fully saturated rings. The highest BCUT2D eigenvalue weighted by Gasteiger charge is 2.11. The molecule has 0 aliphatic rings. The van der Waals surface area contributed by atoms with E-state index in [1.54, 1.807) is 0 Å². The van der Waals surface area contributed by atoms with Gasteiger partial charge in [0.1, 0.15) is 0 Å². The summed E-state index contributed by atoms with van der Waals surface area (Å²) in [4.78, 5) is 4.01. The Bertz CT molecular complexity index is 256. The van der Waals surface area contributed by atoms with E-state index in [1.807, 2.05) is 12.4 Å². The molecule has 0 amide bonds. The van der Waals surface area contributed by atoms with Crippen molar-refractivity contribution in [2.24, 2.45) is 5.92 Å². The van der Waals surface area contributed by atoms with Gasteiger partial charge in [0.25, 0.3) is 0 Å². The predicted molar refractivity (Wildman–Crippen MR) is 60.1 cm³/mol. The summed E-state index contributed by atoms with van der Waals surface area (Å²) in [5, 5.41) is 3.57. The minimum atomic E-state index is 0.399. The van der Waals surface area contributed by atoms with Gasteiger partial charge >= 0.3 is 0 Å². The Labute approximate surface area is 86.8 Å². The minimum absolute atomic E-state index is 0.399. The van der Waals surface area contributed by atoms with Crippen LogP contribution < -0.4 is 5.32 Å². The predicted octanol–water partition coefficient (Wildman–Crippen LogP) is 2.78. The van der Waals surface area contributed by atoms with E-state index in [0.717, 1.165) is 0 Å². The van der Waals surface area contributed by atoms with Gasteiger partial charge in [0.05, 0.1) is 0 Å². The minimum Gasteiger partial charge on any atom is -0.307 e. The maximum atomic E-state index is 4.01. The van der Waals surface area contributed by atoms with Crippen molar-refractivity contribution < 1.29 is 0 Å². The summed E-state index contributed by atoms with van der Waals surface area (Å²) in [6, 6.07) is 5.06. The number of rotatable bonds is 4. The first-order valence-corrected chi connectivity index (χ1v) is 5.27. The Morgan fingerprint density at radius 2 is 1.64 bits per heavy atom. The largest absolute Gasteiger partial charge is 0.307 e. The first-order valence-electron chi connectivity index (χ1n) is 5.27. The van der Waals surface area contributed by atoms with Crippen molar-refractivity contribution in [1.82, 2.24) is 10.3 Å². The summed E-state index contributed by atoms with van der Waals surface area (Å²) in [6.45, 7) is 8.88. The zero-order chi connectivity index (χ0) is 10.6. The zero-order valence-corrected chi connectivity index (χ0v) is 9.49. The molecule has 0 bridgehead atoms. The molecular weight excluding hydrogens is 172 g/mol. The highest BCUT2D eigenvalue weighted by molar-refractivity contribution is 5.14. The lowest BCUT2D eigenvalue weighted by atomic mass is 10.0. The molecule has 2 atom stereocenters. The molecule has 1 rings (SSSR count). The van der Waals surface area contributed by atoms with E-state index in [4.69, 9.17) is 0 Å². The Balaban J connectivity index is 2.55. The third-order valence-electron chi connectivity index (χ3n) is 2.72. The number of aromatic nitrogens is 1. The van der Waals surface area contributed by atoms with Gasteiger partial charge in [-0.25, -0.2) is 0 Å². The average molecular weight is 192 g/mol. The second-order valence-corrected chi connectivity index (χ2v) is 4.20. The molecule has 78 valence electrons. The molecule has 0 aliphatic carbocycles. The normalized spacial score (nSPS) is 15.5. The summed E-state index contributed by atoms with van der Waals surface area (Å²) in [5.41, 5.74) is 1.30. The molecule has 0 saturated heterocycles. The van der Waals surface area contributed by atoms with E-state index in [2.05, 4.69) is 50.1 Å². The summed E-state index contributed by atoms with van der Waals surface area (Å²) < 4.78 is 0. The summed E-state index contributed by atoms with van der Waals surface area (Å²) in [5.74, 6) is 0.666. The Hall–Kier alpha value is -0.890. The third-order valence-corrected chi connectivity index (χ3v) is 2.72. The molecule has 14 heavy (non-hydrogen) atoms. The molecule has 1 heterocycles. The Kier molecular flexibility index (Phi) is 4.08. The highest BCUT2D eigenvalue weighted by atomic mass is 14.9. The van der Waals surface area contributed by atoms with Crippen LogP contribution in [0.25, 0.3) is 0 Å². The van der Waals surface area contributed by atoms with Crippen molar-refractivity contribution in [1.29, 1.82) is 0 Å². The number of pyridine rings is 1. The molecule has 0 aromatic carbocycles. The second-order valence-electron chi connectivity index (χ2n) is 4.20. The van der Waals surface area contributed by atoms with Gasteiger partial charge in [0.2, 0.25) is 0 Å². The van der Waals surface area contributed by atoms with E-state index >= 15 is 0 Å². The molecule has 1 aromatic heterocycles.